The van der Waals surface area contributed by atoms with Gasteiger partial charge in [-0.2, -0.15) is 10.2 Å². The Morgan fingerprint density at radius 1 is 1.31 bits per heavy atom. The van der Waals surface area contributed by atoms with Crippen LogP contribution in [0.2, 0.25) is 5.02 Å². The Kier molecular flexibility index (Phi) is 3.90. The molecule has 0 radical (unpaired) electrons. The van der Waals surface area contributed by atoms with Gasteiger partial charge in [-0.05, 0) is 37.6 Å². The lowest BCUT2D eigenvalue weighted by Gasteiger charge is -1.98. The van der Waals surface area contributed by atoms with Gasteiger partial charge in [0, 0.05) is 5.02 Å². The second kappa shape index (κ2) is 4.97. The van der Waals surface area contributed by atoms with Crippen LogP contribution in [-0.2, 0) is 0 Å². The molecular formula is C10H13ClN2. The van der Waals surface area contributed by atoms with E-state index in [1.54, 1.807) is 0 Å². The van der Waals surface area contributed by atoms with Crippen LogP contribution in [0.25, 0.3) is 0 Å². The van der Waals surface area contributed by atoms with E-state index in [2.05, 4.69) is 17.2 Å². The Balaban J connectivity index is 2.64. The third-order valence-electron chi connectivity index (χ3n) is 1.79. The lowest BCUT2D eigenvalue weighted by atomic mass is 10.3. The van der Waals surface area contributed by atoms with E-state index in [1.165, 1.54) is 0 Å². The van der Waals surface area contributed by atoms with Crippen molar-refractivity contribution in [1.29, 1.82) is 0 Å². The summed E-state index contributed by atoms with van der Waals surface area (Å²) < 4.78 is 0. The van der Waals surface area contributed by atoms with Crippen LogP contribution < -0.4 is 0 Å². The lowest BCUT2D eigenvalue weighted by Crippen LogP contribution is -1.91. The highest BCUT2D eigenvalue weighted by Crippen LogP contribution is 2.17. The predicted molar refractivity (Wildman–Crippen MR) is 55.7 cm³/mol. The van der Waals surface area contributed by atoms with Crippen molar-refractivity contribution in [1.82, 2.24) is 0 Å². The lowest BCUT2D eigenvalue weighted by molar-refractivity contribution is 0.680. The fraction of sp³-hybridized carbons (Fsp3) is 0.400. The third kappa shape index (κ3) is 3.55. The number of azo groups is 1. The Morgan fingerprint density at radius 2 is 1.92 bits per heavy atom. The van der Waals surface area contributed by atoms with Crippen LogP contribution in [-0.4, -0.2) is 6.04 Å². The van der Waals surface area contributed by atoms with E-state index in [0.717, 1.165) is 17.1 Å². The maximum atomic E-state index is 5.73. The van der Waals surface area contributed by atoms with Gasteiger partial charge in [0.25, 0.3) is 0 Å². The van der Waals surface area contributed by atoms with Gasteiger partial charge in [-0.1, -0.05) is 18.5 Å². The fourth-order valence-electron chi connectivity index (χ4n) is 0.755. The molecule has 0 heterocycles. The molecule has 0 aliphatic heterocycles. The number of benzene rings is 1. The van der Waals surface area contributed by atoms with Crippen molar-refractivity contribution in [2.75, 3.05) is 0 Å². The van der Waals surface area contributed by atoms with Crippen LogP contribution in [0, 0.1) is 0 Å². The summed E-state index contributed by atoms with van der Waals surface area (Å²) in [6, 6.07) is 7.62. The summed E-state index contributed by atoms with van der Waals surface area (Å²) in [4.78, 5) is 0. The van der Waals surface area contributed by atoms with Gasteiger partial charge in [0.05, 0.1) is 11.7 Å². The van der Waals surface area contributed by atoms with E-state index in [4.69, 9.17) is 11.6 Å². The topological polar surface area (TPSA) is 24.7 Å². The fourth-order valence-corrected chi connectivity index (χ4v) is 0.881. The summed E-state index contributed by atoms with van der Waals surface area (Å²) in [5, 5.41) is 8.93. The van der Waals surface area contributed by atoms with Crippen LogP contribution in [0.3, 0.4) is 0 Å². The van der Waals surface area contributed by atoms with Crippen LogP contribution >= 0.6 is 11.6 Å². The maximum Gasteiger partial charge on any atom is 0.0853 e. The first kappa shape index (κ1) is 10.2. The number of halogens is 1. The summed E-state index contributed by atoms with van der Waals surface area (Å²) in [5.74, 6) is 0. The smallest absolute Gasteiger partial charge is 0.0853 e. The molecule has 0 amide bonds. The quantitative estimate of drug-likeness (QED) is 0.647. The minimum Gasteiger partial charge on any atom is -0.186 e. The van der Waals surface area contributed by atoms with Gasteiger partial charge in [0.1, 0.15) is 0 Å². The molecule has 0 saturated heterocycles. The molecule has 1 unspecified atom stereocenters. The predicted octanol–water partition coefficient (Wildman–Crippen LogP) is 4.22. The second-order valence-electron chi connectivity index (χ2n) is 2.95. The summed E-state index contributed by atoms with van der Waals surface area (Å²) in [5.41, 5.74) is 0.852. The average molecular weight is 197 g/mol. The molecule has 0 aliphatic carbocycles. The van der Waals surface area contributed by atoms with Crippen LogP contribution in [0.15, 0.2) is 34.5 Å². The molecule has 1 aromatic carbocycles. The SMILES string of the molecule is CCC(C)N=Nc1ccc(Cl)cc1. The molecule has 0 spiro atoms. The van der Waals surface area contributed by atoms with Crippen LogP contribution in [0.1, 0.15) is 20.3 Å². The molecule has 0 saturated carbocycles. The molecule has 3 heteroatoms. The van der Waals surface area contributed by atoms with Crippen molar-refractivity contribution in [3.05, 3.63) is 29.3 Å². The summed E-state index contributed by atoms with van der Waals surface area (Å²) in [6.45, 7) is 4.13. The molecular weight excluding hydrogens is 184 g/mol. The van der Waals surface area contributed by atoms with Gasteiger partial charge >= 0.3 is 0 Å². The molecule has 1 atom stereocenters. The van der Waals surface area contributed by atoms with Gasteiger partial charge < -0.3 is 0 Å². The zero-order chi connectivity index (χ0) is 9.68. The Labute approximate surface area is 83.6 Å². The van der Waals surface area contributed by atoms with Gasteiger partial charge in [-0.25, -0.2) is 0 Å². The van der Waals surface area contributed by atoms with Gasteiger partial charge in [0.2, 0.25) is 0 Å². The van der Waals surface area contributed by atoms with Crippen molar-refractivity contribution < 1.29 is 0 Å². The number of rotatable bonds is 3. The standard InChI is InChI=1S/C10H13ClN2/c1-3-8(2)12-13-10-6-4-9(11)5-7-10/h4-8H,3H2,1-2H3. The molecule has 2 nitrogen and oxygen atoms in total. The zero-order valence-corrected chi connectivity index (χ0v) is 8.62. The molecule has 0 bridgehead atoms. The van der Waals surface area contributed by atoms with Gasteiger partial charge in [-0.15, -0.1) is 0 Å². The zero-order valence-electron chi connectivity index (χ0n) is 7.87. The molecule has 0 aromatic heterocycles. The molecule has 13 heavy (non-hydrogen) atoms. The normalized spacial score (nSPS) is 13.5. The summed E-state index contributed by atoms with van der Waals surface area (Å²) >= 11 is 5.73. The Hall–Kier alpha value is -0.890. The number of nitrogens with zero attached hydrogens (tertiary/aromatic N) is 2. The Morgan fingerprint density at radius 3 is 2.46 bits per heavy atom. The molecule has 0 aliphatic rings. The van der Waals surface area contributed by atoms with Crippen molar-refractivity contribution in [2.24, 2.45) is 10.2 Å². The highest BCUT2D eigenvalue weighted by molar-refractivity contribution is 6.30. The van der Waals surface area contributed by atoms with Crippen molar-refractivity contribution in [3.63, 3.8) is 0 Å². The van der Waals surface area contributed by atoms with Crippen LogP contribution in [0.5, 0.6) is 0 Å². The molecule has 1 rings (SSSR count). The van der Waals surface area contributed by atoms with Crippen molar-refractivity contribution in [3.8, 4) is 0 Å². The molecule has 0 N–H and O–H groups in total. The first-order chi connectivity index (χ1) is 6.22. The average Bonchev–Trinajstić information content (AvgIpc) is 2.16. The molecule has 1 aromatic rings. The van der Waals surface area contributed by atoms with E-state index in [1.807, 2.05) is 31.2 Å². The number of hydrogen-bond donors (Lipinski definition) is 0. The second-order valence-corrected chi connectivity index (χ2v) is 3.39. The largest absolute Gasteiger partial charge is 0.186 e. The molecule has 70 valence electrons. The first-order valence-corrected chi connectivity index (χ1v) is 4.76. The van der Waals surface area contributed by atoms with E-state index in [9.17, 15) is 0 Å². The highest BCUT2D eigenvalue weighted by Gasteiger charge is 1.93. The maximum absolute atomic E-state index is 5.73. The van der Waals surface area contributed by atoms with E-state index < -0.39 is 0 Å². The Bertz CT molecular complexity index is 279. The highest BCUT2D eigenvalue weighted by atomic mass is 35.5. The monoisotopic (exact) mass is 196 g/mol. The summed E-state index contributed by atoms with van der Waals surface area (Å²) in [7, 11) is 0. The summed E-state index contributed by atoms with van der Waals surface area (Å²) in [6.07, 6.45) is 1.01. The first-order valence-electron chi connectivity index (χ1n) is 4.38. The van der Waals surface area contributed by atoms with E-state index in [-0.39, 0.29) is 6.04 Å². The van der Waals surface area contributed by atoms with Crippen molar-refractivity contribution in [2.45, 2.75) is 26.3 Å². The van der Waals surface area contributed by atoms with Crippen LogP contribution in [0.4, 0.5) is 5.69 Å². The minimum absolute atomic E-state index is 0.288. The third-order valence-corrected chi connectivity index (χ3v) is 2.04. The number of hydrogen-bond acceptors (Lipinski definition) is 2. The van der Waals surface area contributed by atoms with Gasteiger partial charge in [-0.3, -0.25) is 0 Å². The van der Waals surface area contributed by atoms with E-state index >= 15 is 0 Å². The van der Waals surface area contributed by atoms with Gasteiger partial charge in [0.15, 0.2) is 0 Å². The van der Waals surface area contributed by atoms with Crippen molar-refractivity contribution >= 4 is 17.3 Å². The minimum atomic E-state index is 0.288. The van der Waals surface area contributed by atoms with E-state index in [0.29, 0.717) is 0 Å². The molecule has 0 fully saturated rings.